The van der Waals surface area contributed by atoms with Crippen molar-refractivity contribution in [2.75, 3.05) is 0 Å². The van der Waals surface area contributed by atoms with Crippen molar-refractivity contribution in [3.63, 3.8) is 0 Å². The molecule has 0 bridgehead atoms. The highest BCUT2D eigenvalue weighted by Crippen LogP contribution is 2.18. The molecular weight excluding hydrogens is 307 g/mol. The molecule has 0 amide bonds. The Bertz CT molecular complexity index is 631. The Morgan fingerprint density at radius 1 is 1.59 bits per heavy atom. The van der Waals surface area contributed by atoms with Crippen molar-refractivity contribution in [2.24, 2.45) is 0 Å². The van der Waals surface area contributed by atoms with Gasteiger partial charge in [-0.25, -0.2) is 9.67 Å². The highest BCUT2D eigenvalue weighted by Gasteiger charge is 2.16. The first-order valence-electron chi connectivity index (χ1n) is 4.44. The van der Waals surface area contributed by atoms with Crippen LogP contribution in [-0.2, 0) is 0 Å². The Hall–Kier alpha value is -1.71. The quantitative estimate of drug-likeness (QED) is 0.798. The summed E-state index contributed by atoms with van der Waals surface area (Å²) in [6, 6.07) is 6.65. The first-order chi connectivity index (χ1) is 8.13. The Kier molecular flexibility index (Phi) is 3.22. The molecule has 0 N–H and O–H groups in total. The number of nitrogens with zero attached hydrogens (tertiary/aromatic N) is 4. The standard InChI is InChI=1S/C10H4BrClN4O/c11-8-4-7(9(12)17)16(15-8)10-6(5-13)2-1-3-14-10/h1-4H. The Balaban J connectivity index is 2.69. The van der Waals surface area contributed by atoms with Crippen LogP contribution in [0, 0.1) is 11.3 Å². The predicted octanol–water partition coefficient (Wildman–Crippen LogP) is 2.28. The smallest absolute Gasteiger partial charge is 0.271 e. The summed E-state index contributed by atoms with van der Waals surface area (Å²) in [5.41, 5.74) is 0.455. The van der Waals surface area contributed by atoms with Crippen LogP contribution in [0.3, 0.4) is 0 Å². The van der Waals surface area contributed by atoms with Gasteiger partial charge in [-0.3, -0.25) is 4.79 Å². The molecule has 7 heteroatoms. The molecule has 17 heavy (non-hydrogen) atoms. The van der Waals surface area contributed by atoms with Crippen LogP contribution < -0.4 is 0 Å². The molecule has 0 aromatic carbocycles. The van der Waals surface area contributed by atoms with Gasteiger partial charge in [0.1, 0.15) is 16.4 Å². The number of hydrogen-bond donors (Lipinski definition) is 0. The lowest BCUT2D eigenvalue weighted by Crippen LogP contribution is -2.08. The fourth-order valence-corrected chi connectivity index (χ4v) is 1.82. The average Bonchev–Trinajstić information content (AvgIpc) is 2.71. The maximum absolute atomic E-state index is 11.2. The third kappa shape index (κ3) is 2.20. The Morgan fingerprint density at radius 2 is 2.35 bits per heavy atom. The highest BCUT2D eigenvalue weighted by atomic mass is 79.9. The van der Waals surface area contributed by atoms with Crippen molar-refractivity contribution in [2.45, 2.75) is 0 Å². The molecule has 2 aromatic heterocycles. The van der Waals surface area contributed by atoms with Crippen molar-refractivity contribution in [1.82, 2.24) is 14.8 Å². The number of rotatable bonds is 2. The van der Waals surface area contributed by atoms with Gasteiger partial charge in [-0.05, 0) is 39.7 Å². The molecule has 2 aromatic rings. The molecule has 0 radical (unpaired) electrons. The summed E-state index contributed by atoms with van der Waals surface area (Å²) >= 11 is 8.58. The number of hydrogen-bond acceptors (Lipinski definition) is 4. The summed E-state index contributed by atoms with van der Waals surface area (Å²) in [5.74, 6) is 0.268. The van der Waals surface area contributed by atoms with Gasteiger partial charge in [0.15, 0.2) is 5.82 Å². The van der Waals surface area contributed by atoms with Gasteiger partial charge in [-0.1, -0.05) is 0 Å². The van der Waals surface area contributed by atoms with Crippen LogP contribution in [0.4, 0.5) is 0 Å². The highest BCUT2D eigenvalue weighted by molar-refractivity contribution is 9.10. The third-order valence-electron chi connectivity index (χ3n) is 1.99. The second kappa shape index (κ2) is 4.65. The molecule has 0 aliphatic carbocycles. The molecule has 0 unspecified atom stereocenters. The van der Waals surface area contributed by atoms with Gasteiger partial charge in [0, 0.05) is 12.3 Å². The van der Waals surface area contributed by atoms with E-state index in [-0.39, 0.29) is 11.5 Å². The molecule has 5 nitrogen and oxygen atoms in total. The summed E-state index contributed by atoms with van der Waals surface area (Å²) in [5, 5.41) is 12.3. The van der Waals surface area contributed by atoms with E-state index in [0.29, 0.717) is 10.2 Å². The lowest BCUT2D eigenvalue weighted by molar-refractivity contribution is 0.107. The molecule has 0 spiro atoms. The zero-order chi connectivity index (χ0) is 12.4. The van der Waals surface area contributed by atoms with Gasteiger partial charge < -0.3 is 0 Å². The SMILES string of the molecule is N#Cc1cccnc1-n1nc(Br)cc1C(=O)Cl. The fraction of sp³-hybridized carbons (Fsp3) is 0. The molecule has 0 fully saturated rings. The summed E-state index contributed by atoms with van der Waals surface area (Å²) in [6.45, 7) is 0. The molecule has 2 rings (SSSR count). The fourth-order valence-electron chi connectivity index (χ4n) is 1.31. The van der Waals surface area contributed by atoms with Gasteiger partial charge >= 0.3 is 0 Å². The topological polar surface area (TPSA) is 71.6 Å². The lowest BCUT2D eigenvalue weighted by atomic mass is 10.3. The number of carbonyl (C=O) groups is 1. The van der Waals surface area contributed by atoms with Gasteiger partial charge in [0.05, 0.1) is 5.56 Å². The number of carbonyl (C=O) groups excluding carboxylic acids is 1. The number of halogens is 2. The zero-order valence-electron chi connectivity index (χ0n) is 8.26. The molecule has 84 valence electrons. The summed E-state index contributed by atoms with van der Waals surface area (Å²) < 4.78 is 1.67. The van der Waals surface area contributed by atoms with Crippen molar-refractivity contribution in [1.29, 1.82) is 5.26 Å². The summed E-state index contributed by atoms with van der Waals surface area (Å²) in [6.07, 6.45) is 1.51. The van der Waals surface area contributed by atoms with Crippen LogP contribution in [0.15, 0.2) is 29.0 Å². The minimum absolute atomic E-state index is 0.147. The van der Waals surface area contributed by atoms with Crippen LogP contribution in [0.2, 0.25) is 0 Å². The molecule has 0 saturated heterocycles. The monoisotopic (exact) mass is 310 g/mol. The van der Waals surface area contributed by atoms with E-state index in [0.717, 1.165) is 0 Å². The van der Waals surface area contributed by atoms with E-state index in [1.165, 1.54) is 16.9 Å². The van der Waals surface area contributed by atoms with E-state index < -0.39 is 5.24 Å². The van der Waals surface area contributed by atoms with Crippen LogP contribution in [0.25, 0.3) is 5.82 Å². The number of pyridine rings is 1. The number of nitriles is 1. The molecule has 0 aliphatic heterocycles. The van der Waals surface area contributed by atoms with Crippen molar-refractivity contribution >= 4 is 32.8 Å². The third-order valence-corrected chi connectivity index (χ3v) is 2.57. The minimum Gasteiger partial charge on any atom is -0.274 e. The largest absolute Gasteiger partial charge is 0.274 e. The Labute approximate surface area is 110 Å². The number of aromatic nitrogens is 3. The first kappa shape index (κ1) is 11.8. The van der Waals surface area contributed by atoms with E-state index in [1.807, 2.05) is 6.07 Å². The van der Waals surface area contributed by atoms with Gasteiger partial charge in [0.25, 0.3) is 5.24 Å². The predicted molar refractivity (Wildman–Crippen MR) is 64.0 cm³/mol. The normalized spacial score (nSPS) is 9.94. The van der Waals surface area contributed by atoms with Crippen LogP contribution >= 0.6 is 27.5 Å². The maximum Gasteiger partial charge on any atom is 0.271 e. The molecule has 0 aliphatic rings. The van der Waals surface area contributed by atoms with Gasteiger partial charge in [-0.2, -0.15) is 10.4 Å². The second-order valence-electron chi connectivity index (χ2n) is 3.02. The van der Waals surface area contributed by atoms with E-state index in [9.17, 15) is 4.79 Å². The molecular formula is C10H4BrClN4O. The van der Waals surface area contributed by atoms with E-state index in [2.05, 4.69) is 26.0 Å². The zero-order valence-corrected chi connectivity index (χ0v) is 10.6. The van der Waals surface area contributed by atoms with Gasteiger partial charge in [0.2, 0.25) is 0 Å². The van der Waals surface area contributed by atoms with Crippen LogP contribution in [-0.4, -0.2) is 20.0 Å². The molecule has 0 atom stereocenters. The first-order valence-corrected chi connectivity index (χ1v) is 5.61. The van der Waals surface area contributed by atoms with E-state index in [1.54, 1.807) is 12.1 Å². The minimum atomic E-state index is -0.669. The maximum atomic E-state index is 11.2. The van der Waals surface area contributed by atoms with Gasteiger partial charge in [-0.15, -0.1) is 0 Å². The van der Waals surface area contributed by atoms with E-state index in [4.69, 9.17) is 16.9 Å². The molecule has 2 heterocycles. The van der Waals surface area contributed by atoms with Crippen molar-refractivity contribution in [3.8, 4) is 11.9 Å². The summed E-state index contributed by atoms with van der Waals surface area (Å²) in [7, 11) is 0. The van der Waals surface area contributed by atoms with Crippen molar-refractivity contribution < 1.29 is 4.79 Å². The van der Waals surface area contributed by atoms with Crippen LogP contribution in [0.1, 0.15) is 16.1 Å². The Morgan fingerprint density at radius 3 is 3.00 bits per heavy atom. The summed E-state index contributed by atoms with van der Waals surface area (Å²) in [4.78, 5) is 15.2. The molecule has 0 saturated carbocycles. The second-order valence-corrected chi connectivity index (χ2v) is 4.18. The lowest BCUT2D eigenvalue weighted by Gasteiger charge is -2.04. The van der Waals surface area contributed by atoms with Crippen LogP contribution in [0.5, 0.6) is 0 Å². The van der Waals surface area contributed by atoms with E-state index >= 15 is 0 Å². The van der Waals surface area contributed by atoms with Crippen molar-refractivity contribution in [3.05, 3.63) is 40.3 Å². The average molecular weight is 312 g/mol.